The molecular formula is C14H11N8O4RuS3. The molecule has 4 rings (SSSR count). The Balaban J connectivity index is 0.00000256. The minimum absolute atomic E-state index is 0. The van der Waals surface area contributed by atoms with Crippen LogP contribution in [-0.2, 0) is 39.5 Å². The fourth-order valence-electron chi connectivity index (χ4n) is 2.95. The van der Waals surface area contributed by atoms with E-state index in [0.717, 1.165) is 10.8 Å². The zero-order valence-corrected chi connectivity index (χ0v) is 18.7. The van der Waals surface area contributed by atoms with Gasteiger partial charge in [-0.1, -0.05) is 29.5 Å². The van der Waals surface area contributed by atoms with Gasteiger partial charge in [-0.3, -0.25) is 0 Å². The SMILES string of the molecule is [NH-]S(=O)(=O)c1ccc(-c2cccc3sc(N)nc23)c(-c2nn[nH]n2)c1S(N)(=O)=O.[Ru+]. The smallest absolute Gasteiger partial charge is 0.560 e. The summed E-state index contributed by atoms with van der Waals surface area (Å²) >= 11 is 1.23. The maximum Gasteiger partial charge on any atom is 1.00 e. The molecule has 2 aromatic heterocycles. The van der Waals surface area contributed by atoms with Gasteiger partial charge in [0.1, 0.15) is 14.9 Å². The van der Waals surface area contributed by atoms with Crippen LogP contribution in [0.2, 0.25) is 0 Å². The van der Waals surface area contributed by atoms with Crippen molar-refractivity contribution in [3.63, 3.8) is 0 Å². The molecule has 0 bridgehead atoms. The quantitative estimate of drug-likeness (QED) is 0.309. The fraction of sp³-hybridized carbons (Fsp3) is 0. The molecule has 0 fully saturated rings. The first-order valence-electron chi connectivity index (χ1n) is 7.66. The zero-order chi connectivity index (χ0) is 21.0. The number of H-pyrrole nitrogens is 1. The largest absolute Gasteiger partial charge is 1.00 e. The summed E-state index contributed by atoms with van der Waals surface area (Å²) < 4.78 is 49.4. The van der Waals surface area contributed by atoms with E-state index in [2.05, 4.69) is 25.6 Å². The molecule has 157 valence electrons. The number of nitrogens with one attached hydrogen (secondary N) is 2. The van der Waals surface area contributed by atoms with Crippen LogP contribution in [0.5, 0.6) is 0 Å². The van der Waals surface area contributed by atoms with Crippen LogP contribution < -0.4 is 10.9 Å². The maximum atomic E-state index is 12.4. The van der Waals surface area contributed by atoms with Crippen molar-refractivity contribution in [1.29, 1.82) is 0 Å². The van der Waals surface area contributed by atoms with Gasteiger partial charge in [-0.15, -0.1) is 10.2 Å². The van der Waals surface area contributed by atoms with E-state index in [-0.39, 0.29) is 36.4 Å². The molecule has 0 aliphatic rings. The Labute approximate surface area is 186 Å². The number of benzene rings is 2. The minimum atomic E-state index is -4.70. The fourth-order valence-corrected chi connectivity index (χ4v) is 5.82. The predicted octanol–water partition coefficient (Wildman–Crippen LogP) is 1.11. The maximum absolute atomic E-state index is 12.4. The zero-order valence-electron chi connectivity index (χ0n) is 14.5. The molecule has 4 aromatic rings. The van der Waals surface area contributed by atoms with Crippen molar-refractivity contribution >= 4 is 46.7 Å². The molecule has 0 saturated heterocycles. The molecule has 1 radical (unpaired) electrons. The van der Waals surface area contributed by atoms with Gasteiger partial charge in [-0.05, 0) is 22.9 Å². The van der Waals surface area contributed by atoms with E-state index >= 15 is 0 Å². The molecule has 0 aliphatic heterocycles. The van der Waals surface area contributed by atoms with Crippen LogP contribution in [0.1, 0.15) is 0 Å². The number of hydrogen-bond donors (Lipinski definition) is 3. The van der Waals surface area contributed by atoms with Gasteiger partial charge in [0.2, 0.25) is 15.8 Å². The number of thiazole rings is 1. The number of nitrogens with zero attached hydrogens (tertiary/aromatic N) is 4. The molecule has 16 heteroatoms. The second-order valence-electron chi connectivity index (χ2n) is 5.80. The summed E-state index contributed by atoms with van der Waals surface area (Å²) in [5.74, 6) is -0.213. The number of para-hydroxylation sites is 1. The number of sulfonamides is 2. The Kier molecular flexibility index (Phi) is 5.75. The minimum Gasteiger partial charge on any atom is -0.560 e. The molecule has 0 aliphatic carbocycles. The van der Waals surface area contributed by atoms with E-state index in [1.165, 1.54) is 17.4 Å². The van der Waals surface area contributed by atoms with Gasteiger partial charge in [0, 0.05) is 5.56 Å². The first-order chi connectivity index (χ1) is 13.6. The summed E-state index contributed by atoms with van der Waals surface area (Å²) in [6, 6.07) is 7.48. The van der Waals surface area contributed by atoms with Crippen LogP contribution in [0, 0.1) is 0 Å². The second-order valence-corrected chi connectivity index (χ2v) is 9.81. The summed E-state index contributed by atoms with van der Waals surface area (Å²) in [5.41, 5.74) is 6.75. The normalized spacial score (nSPS) is 12.1. The van der Waals surface area contributed by atoms with Crippen LogP contribution in [0.4, 0.5) is 5.13 Å². The van der Waals surface area contributed by atoms with Crippen LogP contribution in [0.15, 0.2) is 40.1 Å². The van der Waals surface area contributed by atoms with Gasteiger partial charge in [0.25, 0.3) is 0 Å². The molecule has 30 heavy (non-hydrogen) atoms. The second kappa shape index (κ2) is 7.72. The summed E-state index contributed by atoms with van der Waals surface area (Å²) in [4.78, 5) is 2.67. The number of hydrogen-bond acceptors (Lipinski definition) is 10. The third-order valence-corrected chi connectivity index (χ3v) is 6.88. The Bertz CT molecular complexity index is 1470. The molecule has 2 heterocycles. The molecule has 2 aromatic carbocycles. The number of anilines is 1. The Hall–Kier alpha value is -2.36. The monoisotopic (exact) mass is 553 g/mol. The van der Waals surface area contributed by atoms with Crippen molar-refractivity contribution in [1.82, 2.24) is 25.6 Å². The van der Waals surface area contributed by atoms with Crippen molar-refractivity contribution in [3.05, 3.63) is 35.5 Å². The molecule has 0 spiro atoms. The number of tetrazole rings is 1. The van der Waals surface area contributed by atoms with E-state index in [0.29, 0.717) is 16.2 Å². The molecule has 0 unspecified atom stereocenters. The number of nitrogen functional groups attached to an aromatic ring is 1. The first-order valence-corrected chi connectivity index (χ1v) is 11.5. The molecule has 0 saturated carbocycles. The van der Waals surface area contributed by atoms with Crippen molar-refractivity contribution in [2.75, 3.05) is 5.73 Å². The van der Waals surface area contributed by atoms with Crippen LogP contribution in [0.25, 0.3) is 37.9 Å². The molecule has 6 N–H and O–H groups in total. The van der Waals surface area contributed by atoms with Crippen molar-refractivity contribution in [2.45, 2.75) is 9.79 Å². The first kappa shape index (κ1) is 22.3. The van der Waals surface area contributed by atoms with Crippen molar-refractivity contribution < 1.29 is 36.3 Å². The van der Waals surface area contributed by atoms with Gasteiger partial charge in [-0.2, -0.15) is 5.21 Å². The predicted molar refractivity (Wildman–Crippen MR) is 106 cm³/mol. The summed E-state index contributed by atoms with van der Waals surface area (Å²) in [7, 11) is -9.31. The Morgan fingerprint density at radius 2 is 1.80 bits per heavy atom. The summed E-state index contributed by atoms with van der Waals surface area (Å²) in [6.07, 6.45) is 0. The molecule has 12 nitrogen and oxygen atoms in total. The van der Waals surface area contributed by atoms with Gasteiger partial charge < -0.3 is 10.9 Å². The van der Waals surface area contributed by atoms with E-state index in [4.69, 9.17) is 16.0 Å². The van der Waals surface area contributed by atoms with Crippen molar-refractivity contribution in [3.8, 4) is 22.5 Å². The summed E-state index contributed by atoms with van der Waals surface area (Å²) in [5, 5.41) is 26.2. The number of rotatable bonds is 4. The third-order valence-electron chi connectivity index (χ3n) is 3.99. The van der Waals surface area contributed by atoms with E-state index in [9.17, 15) is 16.8 Å². The van der Waals surface area contributed by atoms with Gasteiger partial charge in [0.05, 0.1) is 20.7 Å². The molecular weight excluding hydrogens is 541 g/mol. The van der Waals surface area contributed by atoms with Crippen LogP contribution >= 0.6 is 11.3 Å². The molecule has 0 atom stereocenters. The Morgan fingerprint density at radius 1 is 1.07 bits per heavy atom. The summed E-state index contributed by atoms with van der Waals surface area (Å²) in [6.45, 7) is 0. The van der Waals surface area contributed by atoms with E-state index < -0.39 is 29.8 Å². The Morgan fingerprint density at radius 3 is 2.40 bits per heavy atom. The average molecular weight is 553 g/mol. The van der Waals surface area contributed by atoms with Crippen molar-refractivity contribution in [2.24, 2.45) is 5.14 Å². The molecule has 0 amide bonds. The van der Waals surface area contributed by atoms with Crippen LogP contribution in [-0.4, -0.2) is 42.4 Å². The van der Waals surface area contributed by atoms with Gasteiger partial charge in [-0.25, -0.2) is 27.0 Å². The van der Waals surface area contributed by atoms with Gasteiger partial charge >= 0.3 is 19.5 Å². The number of aromatic amines is 1. The number of aromatic nitrogens is 5. The average Bonchev–Trinajstić information content (AvgIpc) is 3.27. The third kappa shape index (κ3) is 3.84. The van der Waals surface area contributed by atoms with Crippen LogP contribution in [0.3, 0.4) is 0 Å². The topological polar surface area (TPSA) is 211 Å². The van der Waals surface area contributed by atoms with Gasteiger partial charge in [0.15, 0.2) is 5.13 Å². The number of primary sulfonamides is 1. The standard InChI is InChI=1S/C14H11N8O4S3.Ru/c15-14-18-11-7(2-1-3-8(11)27-14)6-4-5-9(28(16,23)24)12(29(17,25)26)10(6)13-19-21-22-20-13;/h1-5H,(H6-,15,16,17,18,19,20,21,22,23,24,25,26);/q-1;+1. The number of fused-ring (bicyclic) bond motifs is 1. The number of nitrogens with two attached hydrogens (primary N) is 2. The van der Waals surface area contributed by atoms with E-state index in [1.54, 1.807) is 18.2 Å². The van der Waals surface area contributed by atoms with E-state index in [1.807, 2.05) is 0 Å².